The van der Waals surface area contributed by atoms with Crippen LogP contribution in [-0.4, -0.2) is 47.1 Å². The molecular formula is C40H36F5N3O4. The zero-order valence-corrected chi connectivity index (χ0v) is 28.2. The first-order valence-corrected chi connectivity index (χ1v) is 16.7. The first-order chi connectivity index (χ1) is 25.1. The predicted octanol–water partition coefficient (Wildman–Crippen LogP) is 7.59. The highest BCUT2D eigenvalue weighted by molar-refractivity contribution is 5.94. The minimum Gasteiger partial charge on any atom is -0.392 e. The first-order valence-electron chi connectivity index (χ1n) is 16.7. The summed E-state index contributed by atoms with van der Waals surface area (Å²) in [5.41, 5.74) is 4.03. The lowest BCUT2D eigenvalue weighted by molar-refractivity contribution is -0.252. The highest BCUT2D eigenvalue weighted by Gasteiger charge is 2.33. The number of hydrogen-bond acceptors (Lipinski definition) is 6. The number of carbonyl (C=O) groups excluding carboxylic acids is 1. The van der Waals surface area contributed by atoms with Gasteiger partial charge in [-0.1, -0.05) is 66.7 Å². The predicted molar refractivity (Wildman–Crippen MR) is 183 cm³/mol. The van der Waals surface area contributed by atoms with Crippen molar-refractivity contribution >= 4 is 5.91 Å². The molecule has 1 aliphatic heterocycles. The number of carbonyl (C=O) groups is 1. The summed E-state index contributed by atoms with van der Waals surface area (Å²) in [6.45, 7) is 1.13. The molecule has 52 heavy (non-hydrogen) atoms. The van der Waals surface area contributed by atoms with Crippen LogP contribution in [0.25, 0.3) is 11.1 Å². The van der Waals surface area contributed by atoms with Crippen LogP contribution in [0.2, 0.25) is 0 Å². The van der Waals surface area contributed by atoms with Crippen LogP contribution in [-0.2, 0) is 29.0 Å². The van der Waals surface area contributed by atoms with Crippen molar-refractivity contribution in [3.63, 3.8) is 0 Å². The summed E-state index contributed by atoms with van der Waals surface area (Å²) in [6.07, 6.45) is 2.01. The van der Waals surface area contributed by atoms with Gasteiger partial charge in [0, 0.05) is 49.9 Å². The maximum atomic E-state index is 14.2. The van der Waals surface area contributed by atoms with Crippen LogP contribution in [0.4, 0.5) is 22.0 Å². The first kappa shape index (κ1) is 36.8. The highest BCUT2D eigenvalue weighted by atomic mass is 19.2. The summed E-state index contributed by atoms with van der Waals surface area (Å²) in [4.78, 5) is 19.1. The number of likely N-dealkylation sites (N-methyl/N-ethyl adjacent to an activating group) is 1. The molecule has 0 saturated carbocycles. The van der Waals surface area contributed by atoms with E-state index in [0.29, 0.717) is 18.5 Å². The summed E-state index contributed by atoms with van der Waals surface area (Å²) < 4.78 is 82.2. The summed E-state index contributed by atoms with van der Waals surface area (Å²) in [5.74, 6) is -12.6. The molecule has 7 nitrogen and oxygen atoms in total. The third kappa shape index (κ3) is 8.54. The average Bonchev–Trinajstić information content (AvgIpc) is 3.18. The molecule has 1 fully saturated rings. The molecule has 2 heterocycles. The molecule has 0 spiro atoms. The lowest BCUT2D eigenvalue weighted by Gasteiger charge is -2.38. The minimum absolute atomic E-state index is 0.0626. The fourth-order valence-electron chi connectivity index (χ4n) is 6.12. The molecule has 0 unspecified atom stereocenters. The molecule has 5 aromatic rings. The molecule has 2 N–H and O–H groups in total. The number of aromatic nitrogens is 1. The quantitative estimate of drug-likeness (QED) is 0.0787. The van der Waals surface area contributed by atoms with Crippen molar-refractivity contribution in [3.8, 4) is 11.1 Å². The normalized spacial score (nSPS) is 17.3. The van der Waals surface area contributed by atoms with Gasteiger partial charge in [-0.2, -0.15) is 0 Å². The second-order valence-corrected chi connectivity index (χ2v) is 12.6. The second kappa shape index (κ2) is 16.6. The Morgan fingerprint density at radius 3 is 2.19 bits per heavy atom. The number of benzene rings is 4. The number of aliphatic hydroxyl groups excluding tert-OH is 1. The fourth-order valence-corrected chi connectivity index (χ4v) is 6.12. The van der Waals surface area contributed by atoms with Crippen molar-refractivity contribution in [3.05, 3.63) is 160 Å². The third-order valence-corrected chi connectivity index (χ3v) is 8.92. The maximum Gasteiger partial charge on any atom is 0.257 e. The number of nitrogens with one attached hydrogen (secondary N) is 1. The van der Waals surface area contributed by atoms with Crippen LogP contribution < -0.4 is 5.32 Å². The van der Waals surface area contributed by atoms with Crippen molar-refractivity contribution in [2.24, 2.45) is 0 Å². The number of ether oxygens (including phenoxy) is 2. The van der Waals surface area contributed by atoms with E-state index in [1.165, 1.54) is 0 Å². The lowest BCUT2D eigenvalue weighted by atomic mass is 9.98. The van der Waals surface area contributed by atoms with Crippen LogP contribution in [0.15, 0.2) is 97.2 Å². The standard InChI is InChI=1S/C40H36F5N3O4/c1-48(17-15-30-10-2-3-16-46-30)22-31-20-32(26-13-11-24(23-49)12-14-26)52-40(51-31)29-9-5-8-28(19-29)27-7-4-6-25(18-27)21-47-39(50)33-34(41)36(43)38(45)37(44)35(33)42/h2-14,16,18-19,31-32,40,49H,15,17,20-23H2,1H3,(H,47,50)/t31-,32+,40+/m1/s1. The van der Waals surface area contributed by atoms with Crippen molar-refractivity contribution in [1.29, 1.82) is 0 Å². The van der Waals surface area contributed by atoms with Gasteiger partial charge in [0.25, 0.3) is 5.91 Å². The number of hydrogen-bond donors (Lipinski definition) is 2. The van der Waals surface area contributed by atoms with Crippen LogP contribution in [0, 0.1) is 29.1 Å². The van der Waals surface area contributed by atoms with Gasteiger partial charge >= 0.3 is 0 Å². The minimum atomic E-state index is -2.34. The number of halogens is 5. The Morgan fingerprint density at radius 2 is 1.50 bits per heavy atom. The Kier molecular flexibility index (Phi) is 11.7. The topological polar surface area (TPSA) is 83.9 Å². The number of aliphatic hydroxyl groups is 1. The zero-order valence-electron chi connectivity index (χ0n) is 28.2. The van der Waals surface area contributed by atoms with Crippen molar-refractivity contribution in [2.45, 2.75) is 44.5 Å². The highest BCUT2D eigenvalue weighted by Crippen LogP contribution is 2.39. The molecule has 1 aliphatic rings. The van der Waals surface area contributed by atoms with Crippen LogP contribution in [0.3, 0.4) is 0 Å². The molecule has 3 atom stereocenters. The molecule has 4 aromatic carbocycles. The van der Waals surface area contributed by atoms with E-state index in [9.17, 15) is 31.9 Å². The molecule has 270 valence electrons. The van der Waals surface area contributed by atoms with Gasteiger partial charge < -0.3 is 24.8 Å². The van der Waals surface area contributed by atoms with E-state index in [1.54, 1.807) is 24.4 Å². The van der Waals surface area contributed by atoms with Crippen LogP contribution in [0.1, 0.15) is 57.1 Å². The van der Waals surface area contributed by atoms with E-state index in [1.807, 2.05) is 79.8 Å². The van der Waals surface area contributed by atoms with Crippen LogP contribution in [0.5, 0.6) is 0 Å². The Hall–Kier alpha value is -5.01. The summed E-state index contributed by atoms with van der Waals surface area (Å²) in [6, 6.07) is 28.0. The van der Waals surface area contributed by atoms with E-state index >= 15 is 0 Å². The molecule has 1 aromatic heterocycles. The molecule has 1 saturated heterocycles. The lowest BCUT2D eigenvalue weighted by Crippen LogP contribution is -2.38. The van der Waals surface area contributed by atoms with Gasteiger partial charge in [-0.25, -0.2) is 22.0 Å². The Labute approximate surface area is 297 Å². The Morgan fingerprint density at radius 1 is 0.808 bits per heavy atom. The van der Waals surface area contributed by atoms with E-state index in [4.69, 9.17) is 9.47 Å². The van der Waals surface area contributed by atoms with Crippen molar-refractivity contribution in [1.82, 2.24) is 15.2 Å². The Balaban J connectivity index is 1.18. The molecule has 12 heteroatoms. The molecule has 0 radical (unpaired) electrons. The van der Waals surface area contributed by atoms with E-state index in [-0.39, 0.29) is 25.4 Å². The average molecular weight is 718 g/mol. The number of nitrogens with zero attached hydrogens (tertiary/aromatic N) is 2. The smallest absolute Gasteiger partial charge is 0.257 e. The zero-order chi connectivity index (χ0) is 36.8. The number of rotatable bonds is 12. The Bertz CT molecular complexity index is 1990. The van der Waals surface area contributed by atoms with E-state index in [0.717, 1.165) is 46.5 Å². The fraction of sp³-hybridized carbons (Fsp3) is 0.250. The van der Waals surface area contributed by atoms with Crippen molar-refractivity contribution in [2.75, 3.05) is 20.1 Å². The number of amides is 1. The molecular weight excluding hydrogens is 681 g/mol. The van der Waals surface area contributed by atoms with Gasteiger partial charge in [0.15, 0.2) is 29.6 Å². The molecule has 1 amide bonds. The SMILES string of the molecule is CN(CCc1ccccn1)C[C@H]1C[C@@H](c2ccc(CO)cc2)O[C@@H](c2cccc(-c3cccc(CNC(=O)c4c(F)c(F)c(F)c(F)c4F)c3)c2)O1. The van der Waals surface area contributed by atoms with Gasteiger partial charge in [0.2, 0.25) is 5.82 Å². The molecule has 6 rings (SSSR count). The van der Waals surface area contributed by atoms with E-state index < -0.39 is 46.8 Å². The summed E-state index contributed by atoms with van der Waals surface area (Å²) in [5, 5.41) is 11.8. The van der Waals surface area contributed by atoms with Gasteiger partial charge in [0.1, 0.15) is 5.56 Å². The third-order valence-electron chi connectivity index (χ3n) is 8.92. The molecule has 0 aliphatic carbocycles. The van der Waals surface area contributed by atoms with Crippen molar-refractivity contribution < 1.29 is 41.3 Å². The monoisotopic (exact) mass is 717 g/mol. The van der Waals surface area contributed by atoms with Gasteiger partial charge in [-0.3, -0.25) is 9.78 Å². The maximum absolute atomic E-state index is 14.2. The van der Waals surface area contributed by atoms with Crippen LogP contribution >= 0.6 is 0 Å². The largest absolute Gasteiger partial charge is 0.392 e. The van der Waals surface area contributed by atoms with Gasteiger partial charge in [-0.05, 0) is 59.1 Å². The van der Waals surface area contributed by atoms with Gasteiger partial charge in [0.05, 0.1) is 18.8 Å². The summed E-state index contributed by atoms with van der Waals surface area (Å²) >= 11 is 0. The van der Waals surface area contributed by atoms with E-state index in [2.05, 4.69) is 15.2 Å². The number of pyridine rings is 1. The second-order valence-electron chi connectivity index (χ2n) is 12.6. The summed E-state index contributed by atoms with van der Waals surface area (Å²) in [7, 11) is 2.04. The van der Waals surface area contributed by atoms with Gasteiger partial charge in [-0.15, -0.1) is 0 Å². The molecule has 0 bridgehead atoms.